The zero-order chi connectivity index (χ0) is 15.9. The molecule has 3 heterocycles. The first-order valence-electron chi connectivity index (χ1n) is 6.55. The van der Waals surface area contributed by atoms with Gasteiger partial charge in [0.25, 0.3) is 5.56 Å². The van der Waals surface area contributed by atoms with E-state index in [1.807, 2.05) is 0 Å². The summed E-state index contributed by atoms with van der Waals surface area (Å²) < 4.78 is 7.18. The van der Waals surface area contributed by atoms with Crippen LogP contribution in [0.1, 0.15) is 12.6 Å². The molecule has 3 atom stereocenters. The number of rotatable bonds is 3. The van der Waals surface area contributed by atoms with Gasteiger partial charge in [-0.2, -0.15) is 0 Å². The highest BCUT2D eigenvalue weighted by atomic mass is 35.5. The van der Waals surface area contributed by atoms with E-state index in [0.717, 1.165) is 0 Å². The van der Waals surface area contributed by atoms with Crippen LogP contribution in [-0.2, 0) is 4.74 Å². The van der Waals surface area contributed by atoms with Crippen molar-refractivity contribution < 1.29 is 14.9 Å². The van der Waals surface area contributed by atoms with E-state index in [2.05, 4.69) is 4.98 Å². The van der Waals surface area contributed by atoms with Gasteiger partial charge < -0.3 is 14.9 Å². The first-order valence-corrected chi connectivity index (χ1v) is 7.74. The van der Waals surface area contributed by atoms with Crippen LogP contribution >= 0.6 is 22.9 Å². The summed E-state index contributed by atoms with van der Waals surface area (Å²) in [6.45, 7) is -0.344. The van der Waals surface area contributed by atoms with Gasteiger partial charge in [-0.3, -0.25) is 14.3 Å². The summed E-state index contributed by atoms with van der Waals surface area (Å²) in [7, 11) is 0. The second kappa shape index (κ2) is 5.98. The lowest BCUT2D eigenvalue weighted by Gasteiger charge is -2.15. The number of nitrogens with one attached hydrogen (secondary N) is 1. The van der Waals surface area contributed by atoms with Gasteiger partial charge in [0.2, 0.25) is 0 Å². The van der Waals surface area contributed by atoms with E-state index in [4.69, 9.17) is 21.4 Å². The van der Waals surface area contributed by atoms with Crippen molar-refractivity contribution in [3.05, 3.63) is 43.5 Å². The van der Waals surface area contributed by atoms with Crippen LogP contribution in [0.25, 0.3) is 10.4 Å². The van der Waals surface area contributed by atoms with Crippen molar-refractivity contribution in [3.8, 4) is 10.4 Å². The van der Waals surface area contributed by atoms with Crippen molar-refractivity contribution in [2.75, 3.05) is 6.61 Å². The smallest absolute Gasteiger partial charge is 0.330 e. The lowest BCUT2D eigenvalue weighted by molar-refractivity contribution is -0.0458. The lowest BCUT2D eigenvalue weighted by Crippen LogP contribution is -2.33. The standard InChI is InChI=1S/C13H13ClN2O5S/c14-10-2-1-9(22-10)6-4-16(13(20)15-12(6)19)11-3-7(18)8(5-17)21-11/h1-2,4,7-8,11,17-18H,3,5H2,(H,15,19,20)/t7-,8+,11+/m0/s1. The number of aliphatic hydroxyl groups excluding tert-OH is 2. The second-order valence-electron chi connectivity index (χ2n) is 4.93. The number of hydrogen-bond acceptors (Lipinski definition) is 6. The Morgan fingerprint density at radius 3 is 2.82 bits per heavy atom. The Bertz CT molecular complexity index is 798. The molecular weight excluding hydrogens is 332 g/mol. The van der Waals surface area contributed by atoms with Crippen molar-refractivity contribution in [1.82, 2.24) is 9.55 Å². The largest absolute Gasteiger partial charge is 0.394 e. The van der Waals surface area contributed by atoms with Crippen LogP contribution in [0.3, 0.4) is 0 Å². The van der Waals surface area contributed by atoms with Gasteiger partial charge in [0, 0.05) is 17.5 Å². The van der Waals surface area contributed by atoms with E-state index >= 15 is 0 Å². The molecule has 0 spiro atoms. The van der Waals surface area contributed by atoms with Gasteiger partial charge in [0.05, 0.1) is 22.6 Å². The van der Waals surface area contributed by atoms with Crippen LogP contribution < -0.4 is 11.2 Å². The highest BCUT2D eigenvalue weighted by Gasteiger charge is 2.35. The van der Waals surface area contributed by atoms with Gasteiger partial charge in [0.15, 0.2) is 0 Å². The zero-order valence-corrected chi connectivity index (χ0v) is 12.8. The van der Waals surface area contributed by atoms with Gasteiger partial charge in [-0.15, -0.1) is 11.3 Å². The average Bonchev–Trinajstić information content (AvgIpc) is 3.05. The van der Waals surface area contributed by atoms with Crippen LogP contribution in [0, 0.1) is 0 Å². The fourth-order valence-corrected chi connectivity index (χ4v) is 3.43. The number of aromatic amines is 1. The van der Waals surface area contributed by atoms with E-state index in [9.17, 15) is 14.7 Å². The Morgan fingerprint density at radius 1 is 1.45 bits per heavy atom. The fourth-order valence-electron chi connectivity index (χ4n) is 2.38. The summed E-state index contributed by atoms with van der Waals surface area (Å²) >= 11 is 7.09. The van der Waals surface area contributed by atoms with Crippen molar-refractivity contribution in [1.29, 1.82) is 0 Å². The summed E-state index contributed by atoms with van der Waals surface area (Å²) in [5.74, 6) is 0. The van der Waals surface area contributed by atoms with E-state index < -0.39 is 29.7 Å². The predicted molar refractivity (Wildman–Crippen MR) is 81.3 cm³/mol. The lowest BCUT2D eigenvalue weighted by atomic mass is 10.2. The first kappa shape index (κ1) is 15.4. The van der Waals surface area contributed by atoms with E-state index in [0.29, 0.717) is 14.8 Å². The topological polar surface area (TPSA) is 105 Å². The SMILES string of the molecule is O=c1[nH]c(=O)n([C@H]2C[C@H](O)[C@@H](CO)O2)cc1-c1ccc(Cl)s1. The molecule has 7 nitrogen and oxygen atoms in total. The molecule has 0 bridgehead atoms. The predicted octanol–water partition coefficient (Wildman–Crippen LogP) is 0.559. The highest BCUT2D eigenvalue weighted by molar-refractivity contribution is 7.19. The molecular formula is C13H13ClN2O5S. The average molecular weight is 345 g/mol. The molecule has 118 valence electrons. The molecule has 0 saturated carbocycles. The third-order valence-electron chi connectivity index (χ3n) is 3.50. The number of halogens is 1. The van der Waals surface area contributed by atoms with Crippen LogP contribution in [0.4, 0.5) is 0 Å². The summed E-state index contributed by atoms with van der Waals surface area (Å²) in [6.07, 6.45) is -0.815. The zero-order valence-electron chi connectivity index (χ0n) is 11.2. The Kier molecular flexibility index (Phi) is 4.20. The summed E-state index contributed by atoms with van der Waals surface area (Å²) in [4.78, 5) is 26.8. The van der Waals surface area contributed by atoms with Crippen molar-refractivity contribution in [2.45, 2.75) is 24.9 Å². The van der Waals surface area contributed by atoms with Crippen molar-refractivity contribution in [3.63, 3.8) is 0 Å². The van der Waals surface area contributed by atoms with Crippen molar-refractivity contribution in [2.24, 2.45) is 0 Å². The molecule has 0 aromatic carbocycles. The molecule has 0 unspecified atom stereocenters. The van der Waals surface area contributed by atoms with Crippen LogP contribution in [-0.4, -0.2) is 38.6 Å². The van der Waals surface area contributed by atoms with E-state index in [1.165, 1.54) is 22.1 Å². The summed E-state index contributed by atoms with van der Waals surface area (Å²) in [6, 6.07) is 3.35. The molecule has 0 amide bonds. The molecule has 9 heteroatoms. The van der Waals surface area contributed by atoms with E-state index in [1.54, 1.807) is 12.1 Å². The minimum atomic E-state index is -0.867. The number of nitrogens with zero attached hydrogens (tertiary/aromatic N) is 1. The number of thiophene rings is 1. The third kappa shape index (κ3) is 2.75. The Morgan fingerprint density at radius 2 is 2.23 bits per heavy atom. The molecule has 3 N–H and O–H groups in total. The number of hydrogen-bond donors (Lipinski definition) is 3. The molecule has 1 saturated heterocycles. The van der Waals surface area contributed by atoms with Gasteiger partial charge in [0.1, 0.15) is 12.3 Å². The van der Waals surface area contributed by atoms with Crippen LogP contribution in [0.15, 0.2) is 27.9 Å². The third-order valence-corrected chi connectivity index (χ3v) is 4.77. The summed E-state index contributed by atoms with van der Waals surface area (Å²) in [5, 5.41) is 18.9. The molecule has 0 radical (unpaired) electrons. The molecule has 1 aliphatic rings. The molecule has 1 fully saturated rings. The molecule has 0 aliphatic carbocycles. The van der Waals surface area contributed by atoms with Crippen LogP contribution in [0.2, 0.25) is 4.34 Å². The maximum Gasteiger partial charge on any atom is 0.330 e. The first-order chi connectivity index (χ1) is 10.5. The number of H-pyrrole nitrogens is 1. The normalized spacial score (nSPS) is 24.8. The quantitative estimate of drug-likeness (QED) is 0.754. The summed E-state index contributed by atoms with van der Waals surface area (Å²) in [5.41, 5.74) is -0.855. The minimum Gasteiger partial charge on any atom is -0.394 e. The molecule has 2 aromatic rings. The number of ether oxygens (including phenoxy) is 1. The Hall–Kier alpha value is -1.45. The maximum absolute atomic E-state index is 12.0. The Balaban J connectivity index is 2.03. The number of aliphatic hydroxyl groups is 2. The molecule has 3 rings (SSSR count). The monoisotopic (exact) mass is 344 g/mol. The molecule has 22 heavy (non-hydrogen) atoms. The van der Waals surface area contributed by atoms with Gasteiger partial charge in [-0.25, -0.2) is 4.79 Å². The Labute approximate surface area is 133 Å². The highest BCUT2D eigenvalue weighted by Crippen LogP contribution is 2.31. The molecule has 1 aliphatic heterocycles. The van der Waals surface area contributed by atoms with Crippen LogP contribution in [0.5, 0.6) is 0 Å². The fraction of sp³-hybridized carbons (Fsp3) is 0.385. The van der Waals surface area contributed by atoms with Gasteiger partial charge >= 0.3 is 5.69 Å². The number of aromatic nitrogens is 2. The van der Waals surface area contributed by atoms with Gasteiger partial charge in [-0.05, 0) is 12.1 Å². The maximum atomic E-state index is 12.0. The molecule has 2 aromatic heterocycles. The van der Waals surface area contributed by atoms with E-state index in [-0.39, 0.29) is 13.0 Å². The second-order valence-corrected chi connectivity index (χ2v) is 6.64. The minimum absolute atomic E-state index is 0.155. The van der Waals surface area contributed by atoms with Gasteiger partial charge in [-0.1, -0.05) is 11.6 Å². The van der Waals surface area contributed by atoms with Crippen molar-refractivity contribution >= 4 is 22.9 Å².